The van der Waals surface area contributed by atoms with Crippen molar-refractivity contribution >= 4 is 5.91 Å². The Bertz CT molecular complexity index is 536. The third-order valence-corrected chi connectivity index (χ3v) is 3.44. The molecule has 1 aromatic rings. The van der Waals surface area contributed by atoms with Gasteiger partial charge in [0.05, 0.1) is 29.8 Å². The summed E-state index contributed by atoms with van der Waals surface area (Å²) in [5.41, 5.74) is -2.72. The Morgan fingerprint density at radius 2 is 2.00 bits per heavy atom. The van der Waals surface area contributed by atoms with Gasteiger partial charge in [-0.3, -0.25) is 4.79 Å². The quantitative estimate of drug-likeness (QED) is 0.850. The highest BCUT2D eigenvalue weighted by Crippen LogP contribution is 2.32. The van der Waals surface area contributed by atoms with Crippen molar-refractivity contribution in [1.29, 1.82) is 0 Å². The number of carbonyl (C=O) groups excluding carboxylic acids is 1. The maximum atomic E-state index is 13.5. The van der Waals surface area contributed by atoms with Gasteiger partial charge in [0.15, 0.2) is 0 Å². The fourth-order valence-corrected chi connectivity index (χ4v) is 2.07. The van der Waals surface area contributed by atoms with Crippen LogP contribution in [0.15, 0.2) is 18.2 Å². The Balaban J connectivity index is 2.23. The number of β-amino-alcohol motifs (C(OH)–C–C–N with tert-alkyl or cyclic N) is 1. The van der Waals surface area contributed by atoms with Gasteiger partial charge in [-0.25, -0.2) is 4.39 Å². The predicted octanol–water partition coefficient (Wildman–Crippen LogP) is 2.44. The molecule has 1 heterocycles. The number of aliphatic hydroxyl groups is 1. The van der Waals surface area contributed by atoms with E-state index in [2.05, 4.69) is 0 Å². The first-order valence-electron chi connectivity index (χ1n) is 6.05. The van der Waals surface area contributed by atoms with Crippen LogP contribution in [0, 0.1) is 5.82 Å². The van der Waals surface area contributed by atoms with Gasteiger partial charge in [-0.05, 0) is 24.6 Å². The summed E-state index contributed by atoms with van der Waals surface area (Å²) in [5, 5.41) is 9.77. The van der Waals surface area contributed by atoms with Gasteiger partial charge in [0.1, 0.15) is 5.82 Å². The van der Waals surface area contributed by atoms with E-state index in [1.165, 1.54) is 0 Å². The zero-order valence-electron chi connectivity index (χ0n) is 10.7. The molecule has 0 aromatic heterocycles. The van der Waals surface area contributed by atoms with Crippen molar-refractivity contribution < 1.29 is 27.5 Å². The number of carbonyl (C=O) groups is 1. The van der Waals surface area contributed by atoms with E-state index in [1.54, 1.807) is 6.92 Å². The van der Waals surface area contributed by atoms with Crippen LogP contribution in [-0.2, 0) is 6.18 Å². The van der Waals surface area contributed by atoms with Crippen molar-refractivity contribution in [3.05, 3.63) is 35.1 Å². The number of likely N-dealkylation sites (tertiary alicyclic amines) is 1. The highest BCUT2D eigenvalue weighted by Gasteiger charge is 2.43. The maximum absolute atomic E-state index is 13.5. The lowest BCUT2D eigenvalue weighted by Crippen LogP contribution is -2.63. The number of hydrogen-bond acceptors (Lipinski definition) is 2. The van der Waals surface area contributed by atoms with E-state index in [1.807, 2.05) is 0 Å². The molecule has 0 saturated carbocycles. The first-order chi connectivity index (χ1) is 9.16. The molecule has 1 N–H and O–H groups in total. The minimum absolute atomic E-state index is 0.00197. The van der Waals surface area contributed by atoms with E-state index in [4.69, 9.17) is 0 Å². The minimum Gasteiger partial charge on any atom is -0.386 e. The zero-order valence-corrected chi connectivity index (χ0v) is 10.7. The van der Waals surface area contributed by atoms with Crippen LogP contribution in [-0.4, -0.2) is 34.6 Å². The Kier molecular flexibility index (Phi) is 3.49. The van der Waals surface area contributed by atoms with E-state index < -0.39 is 34.6 Å². The van der Waals surface area contributed by atoms with Gasteiger partial charge in [0, 0.05) is 0 Å². The Labute approximate surface area is 112 Å². The van der Waals surface area contributed by atoms with Crippen LogP contribution in [0.3, 0.4) is 0 Å². The maximum Gasteiger partial charge on any atom is 0.416 e. The van der Waals surface area contributed by atoms with Crippen LogP contribution in [0.2, 0.25) is 0 Å². The minimum atomic E-state index is -4.64. The molecular formula is C13H13F4NO2. The normalized spacial score (nSPS) is 17.8. The second-order valence-electron chi connectivity index (χ2n) is 4.93. The van der Waals surface area contributed by atoms with Gasteiger partial charge in [-0.1, -0.05) is 6.92 Å². The molecule has 3 nitrogen and oxygen atoms in total. The van der Waals surface area contributed by atoms with E-state index in [9.17, 15) is 27.5 Å². The monoisotopic (exact) mass is 291 g/mol. The first-order valence-corrected chi connectivity index (χ1v) is 6.05. The molecule has 1 saturated heterocycles. The first kappa shape index (κ1) is 14.8. The summed E-state index contributed by atoms with van der Waals surface area (Å²) in [6.45, 7) is 1.72. The fraction of sp³-hybridized carbons (Fsp3) is 0.462. The summed E-state index contributed by atoms with van der Waals surface area (Å²) in [6.07, 6.45) is -4.22. The van der Waals surface area contributed by atoms with Gasteiger partial charge in [-0.2, -0.15) is 13.2 Å². The Morgan fingerprint density at radius 3 is 2.50 bits per heavy atom. The van der Waals surface area contributed by atoms with Gasteiger partial charge in [0.25, 0.3) is 5.91 Å². The third-order valence-electron chi connectivity index (χ3n) is 3.44. The molecule has 1 fully saturated rings. The third kappa shape index (κ3) is 2.63. The van der Waals surface area contributed by atoms with Gasteiger partial charge < -0.3 is 10.0 Å². The smallest absolute Gasteiger partial charge is 0.386 e. The second-order valence-corrected chi connectivity index (χ2v) is 4.93. The molecule has 0 atom stereocenters. The van der Waals surface area contributed by atoms with E-state index >= 15 is 0 Å². The Hall–Kier alpha value is -1.63. The molecular weight excluding hydrogens is 278 g/mol. The van der Waals surface area contributed by atoms with Crippen molar-refractivity contribution in [1.82, 2.24) is 4.90 Å². The van der Waals surface area contributed by atoms with Crippen LogP contribution in [0.25, 0.3) is 0 Å². The topological polar surface area (TPSA) is 40.5 Å². The SMILES string of the molecule is CCC1(O)CN(C(=O)c2cc(C(F)(F)F)ccc2F)C1. The highest BCUT2D eigenvalue weighted by atomic mass is 19.4. The number of halogens is 4. The predicted molar refractivity (Wildman–Crippen MR) is 62.5 cm³/mol. The average Bonchev–Trinajstić information content (AvgIpc) is 2.33. The van der Waals surface area contributed by atoms with Crippen molar-refractivity contribution in [2.45, 2.75) is 25.1 Å². The van der Waals surface area contributed by atoms with E-state index in [-0.39, 0.29) is 13.1 Å². The van der Waals surface area contributed by atoms with Gasteiger partial charge in [0.2, 0.25) is 0 Å². The molecule has 0 bridgehead atoms. The van der Waals surface area contributed by atoms with Crippen molar-refractivity contribution in [2.75, 3.05) is 13.1 Å². The fourth-order valence-electron chi connectivity index (χ4n) is 2.07. The van der Waals surface area contributed by atoms with Crippen LogP contribution in [0.1, 0.15) is 29.3 Å². The number of nitrogens with zero attached hydrogens (tertiary/aromatic N) is 1. The second kappa shape index (κ2) is 4.73. The number of amides is 1. The lowest BCUT2D eigenvalue weighted by Gasteiger charge is -2.46. The lowest BCUT2D eigenvalue weighted by atomic mass is 9.90. The average molecular weight is 291 g/mol. The van der Waals surface area contributed by atoms with Crippen LogP contribution >= 0.6 is 0 Å². The van der Waals surface area contributed by atoms with Crippen molar-refractivity contribution in [2.24, 2.45) is 0 Å². The Morgan fingerprint density at radius 1 is 1.40 bits per heavy atom. The van der Waals surface area contributed by atoms with Crippen molar-refractivity contribution in [3.63, 3.8) is 0 Å². The van der Waals surface area contributed by atoms with Gasteiger partial charge >= 0.3 is 6.18 Å². The number of benzene rings is 1. The summed E-state index contributed by atoms with van der Waals surface area (Å²) in [7, 11) is 0. The molecule has 1 amide bonds. The van der Waals surface area contributed by atoms with Crippen LogP contribution in [0.4, 0.5) is 17.6 Å². The summed E-state index contributed by atoms with van der Waals surface area (Å²) >= 11 is 0. The summed E-state index contributed by atoms with van der Waals surface area (Å²) in [4.78, 5) is 13.1. The molecule has 2 rings (SSSR count). The molecule has 1 aliphatic heterocycles. The highest BCUT2D eigenvalue weighted by molar-refractivity contribution is 5.95. The molecule has 1 aliphatic rings. The summed E-state index contributed by atoms with van der Waals surface area (Å²) < 4.78 is 51.2. The molecule has 0 spiro atoms. The molecule has 0 aliphatic carbocycles. The number of rotatable bonds is 2. The van der Waals surface area contributed by atoms with E-state index in [0.717, 1.165) is 4.90 Å². The zero-order chi connectivity index (χ0) is 15.1. The number of alkyl halides is 3. The summed E-state index contributed by atoms with van der Waals surface area (Å²) in [6, 6.07) is 1.72. The van der Waals surface area contributed by atoms with E-state index in [0.29, 0.717) is 24.6 Å². The number of hydrogen-bond donors (Lipinski definition) is 1. The molecule has 1 aromatic carbocycles. The molecule has 0 radical (unpaired) electrons. The van der Waals surface area contributed by atoms with Crippen molar-refractivity contribution in [3.8, 4) is 0 Å². The van der Waals surface area contributed by atoms with Crippen LogP contribution < -0.4 is 0 Å². The lowest BCUT2D eigenvalue weighted by molar-refractivity contribution is -0.137. The van der Waals surface area contributed by atoms with Crippen LogP contribution in [0.5, 0.6) is 0 Å². The molecule has 0 unspecified atom stereocenters. The molecule has 7 heteroatoms. The van der Waals surface area contributed by atoms with Gasteiger partial charge in [-0.15, -0.1) is 0 Å². The summed E-state index contributed by atoms with van der Waals surface area (Å²) in [5.74, 6) is -1.85. The standard InChI is InChI=1S/C13H13F4NO2/c1-2-12(20)6-18(7-12)11(19)9-5-8(13(15,16)17)3-4-10(9)14/h3-5,20H,2,6-7H2,1H3. The molecule has 20 heavy (non-hydrogen) atoms. The largest absolute Gasteiger partial charge is 0.416 e. The molecule has 110 valence electrons.